The third-order valence-electron chi connectivity index (χ3n) is 2.72. The summed E-state index contributed by atoms with van der Waals surface area (Å²) in [5.74, 6) is 1.12. The van der Waals surface area contributed by atoms with Gasteiger partial charge in [0.05, 0.1) is 10.3 Å². The largest absolute Gasteiger partial charge is 0.359 e. The van der Waals surface area contributed by atoms with Crippen LogP contribution in [-0.2, 0) is 6.54 Å². The van der Waals surface area contributed by atoms with Crippen LogP contribution in [0, 0.1) is 0 Å². The molecule has 1 unspecified atom stereocenters. The first kappa shape index (κ1) is 12.5. The molecule has 88 valence electrons. The number of halogens is 1. The molecule has 1 N–H and O–H groups in total. The fraction of sp³-hybridized carbons (Fsp3) is 0.545. The van der Waals surface area contributed by atoms with Gasteiger partial charge in [0, 0.05) is 16.2 Å². The van der Waals surface area contributed by atoms with Gasteiger partial charge in [-0.1, -0.05) is 18.7 Å². The predicted octanol–water partition coefficient (Wildman–Crippen LogP) is 3.87. The van der Waals surface area contributed by atoms with Gasteiger partial charge >= 0.3 is 0 Å². The first-order valence-electron chi connectivity index (χ1n) is 5.31. The lowest BCUT2D eigenvalue weighted by Crippen LogP contribution is -2.39. The molecule has 1 saturated heterocycles. The van der Waals surface area contributed by atoms with Crippen molar-refractivity contribution in [1.29, 1.82) is 0 Å². The second kappa shape index (κ2) is 5.10. The van der Waals surface area contributed by atoms with Crippen LogP contribution >= 0.6 is 39.0 Å². The first-order valence-corrected chi connectivity index (χ1v) is 7.90. The minimum atomic E-state index is 0.236. The molecule has 0 radical (unpaired) electrons. The molecule has 1 fully saturated rings. The van der Waals surface area contributed by atoms with Crippen LogP contribution in [0.4, 0.5) is 0 Å². The van der Waals surface area contributed by atoms with E-state index in [2.05, 4.69) is 52.2 Å². The van der Waals surface area contributed by atoms with E-state index in [9.17, 15) is 0 Å². The summed E-state index contributed by atoms with van der Waals surface area (Å²) in [6.07, 6.45) is 1.14. The van der Waals surface area contributed by atoms with Gasteiger partial charge in [-0.15, -0.1) is 11.3 Å². The van der Waals surface area contributed by atoms with Gasteiger partial charge in [-0.05, 0) is 41.4 Å². The second-order valence-electron chi connectivity index (χ2n) is 4.16. The molecule has 0 amide bonds. The summed E-state index contributed by atoms with van der Waals surface area (Å²) in [6, 6.07) is 4.20. The maximum Gasteiger partial charge on any atom is 0.157 e. The third-order valence-corrected chi connectivity index (χ3v) is 5.62. The van der Waals surface area contributed by atoms with Crippen molar-refractivity contribution >= 4 is 44.2 Å². The zero-order chi connectivity index (χ0) is 11.6. The topological polar surface area (TPSA) is 24.4 Å². The number of nitrogens with one attached hydrogen (secondary N) is 1. The highest BCUT2D eigenvalue weighted by Crippen LogP contribution is 2.27. The van der Waals surface area contributed by atoms with Crippen molar-refractivity contribution in [1.82, 2.24) is 5.32 Å². The Labute approximate surface area is 113 Å². The van der Waals surface area contributed by atoms with E-state index >= 15 is 0 Å². The normalized spacial score (nSPS) is 27.3. The van der Waals surface area contributed by atoms with Crippen LogP contribution in [-0.4, -0.2) is 16.5 Å². The molecular weight excluding hydrogens is 304 g/mol. The lowest BCUT2D eigenvalue weighted by molar-refractivity contribution is 0.466. The summed E-state index contributed by atoms with van der Waals surface area (Å²) in [4.78, 5) is 5.91. The van der Waals surface area contributed by atoms with E-state index in [-0.39, 0.29) is 5.54 Å². The van der Waals surface area contributed by atoms with Crippen LogP contribution in [0.1, 0.15) is 25.1 Å². The van der Waals surface area contributed by atoms with E-state index in [0.717, 1.165) is 23.9 Å². The fourth-order valence-electron chi connectivity index (χ4n) is 1.42. The number of hydrogen-bond acceptors (Lipinski definition) is 3. The maximum absolute atomic E-state index is 4.61. The Hall–Kier alpha value is -0.0000000000000000278. The molecule has 2 heterocycles. The van der Waals surface area contributed by atoms with Gasteiger partial charge in [0.25, 0.3) is 0 Å². The lowest BCUT2D eigenvalue weighted by Gasteiger charge is -2.20. The van der Waals surface area contributed by atoms with Gasteiger partial charge in [0.1, 0.15) is 0 Å². The Bertz CT molecular complexity index is 402. The number of hydrogen-bond donors (Lipinski definition) is 1. The summed E-state index contributed by atoms with van der Waals surface area (Å²) in [5, 5.41) is 4.59. The number of rotatable bonds is 3. The summed E-state index contributed by atoms with van der Waals surface area (Å²) in [5.41, 5.74) is 0.236. The van der Waals surface area contributed by atoms with Crippen molar-refractivity contribution < 1.29 is 0 Å². The summed E-state index contributed by atoms with van der Waals surface area (Å²) in [6.45, 7) is 5.25. The zero-order valence-electron chi connectivity index (χ0n) is 9.42. The van der Waals surface area contributed by atoms with Gasteiger partial charge in [0.15, 0.2) is 5.17 Å². The Balaban J connectivity index is 1.95. The monoisotopic (exact) mass is 318 g/mol. The highest BCUT2D eigenvalue weighted by atomic mass is 79.9. The molecule has 0 spiro atoms. The summed E-state index contributed by atoms with van der Waals surface area (Å²) >= 11 is 7.05. The van der Waals surface area contributed by atoms with Crippen molar-refractivity contribution in [2.75, 3.05) is 5.75 Å². The van der Waals surface area contributed by atoms with Crippen LogP contribution in [0.2, 0.25) is 0 Å². The molecule has 1 atom stereocenters. The Morgan fingerprint density at radius 1 is 1.56 bits per heavy atom. The van der Waals surface area contributed by atoms with Crippen LogP contribution in [0.25, 0.3) is 0 Å². The van der Waals surface area contributed by atoms with E-state index < -0.39 is 0 Å². The quantitative estimate of drug-likeness (QED) is 0.914. The van der Waals surface area contributed by atoms with E-state index in [1.165, 1.54) is 8.66 Å². The van der Waals surface area contributed by atoms with Crippen molar-refractivity contribution in [3.63, 3.8) is 0 Å². The fourth-order valence-corrected chi connectivity index (χ4v) is 4.03. The van der Waals surface area contributed by atoms with E-state index in [0.29, 0.717) is 0 Å². The molecule has 1 aliphatic heterocycles. The molecule has 1 aliphatic rings. The van der Waals surface area contributed by atoms with E-state index in [1.807, 2.05) is 11.8 Å². The second-order valence-corrected chi connectivity index (χ2v) is 7.67. The van der Waals surface area contributed by atoms with Crippen LogP contribution in [0.3, 0.4) is 0 Å². The lowest BCUT2D eigenvalue weighted by atomic mass is 10.0. The molecule has 0 bridgehead atoms. The predicted molar refractivity (Wildman–Crippen MR) is 77.4 cm³/mol. The highest BCUT2D eigenvalue weighted by molar-refractivity contribution is 9.11. The number of amidine groups is 1. The Morgan fingerprint density at radius 3 is 2.94 bits per heavy atom. The number of thiophene rings is 1. The Kier molecular flexibility index (Phi) is 3.97. The molecule has 1 aromatic rings. The van der Waals surface area contributed by atoms with Gasteiger partial charge < -0.3 is 5.32 Å². The zero-order valence-corrected chi connectivity index (χ0v) is 12.6. The number of aliphatic imine (C=N–C) groups is 1. The van der Waals surface area contributed by atoms with Gasteiger partial charge in [0.2, 0.25) is 0 Å². The molecule has 1 aromatic heterocycles. The van der Waals surface area contributed by atoms with Gasteiger partial charge in [-0.25, -0.2) is 0 Å². The number of nitrogens with zero attached hydrogens (tertiary/aromatic N) is 1. The van der Waals surface area contributed by atoms with Gasteiger partial charge in [-0.2, -0.15) is 0 Å². The standard InChI is InChI=1S/C11H15BrN2S2/c1-3-11(2)7-15-10(14-11)13-6-8-4-5-9(12)16-8/h4-5H,3,6-7H2,1-2H3,(H,13,14). The van der Waals surface area contributed by atoms with Crippen molar-refractivity contribution in [2.45, 2.75) is 32.4 Å². The van der Waals surface area contributed by atoms with Crippen molar-refractivity contribution in [2.24, 2.45) is 4.99 Å². The maximum atomic E-state index is 4.61. The third kappa shape index (κ3) is 3.02. The first-order chi connectivity index (χ1) is 7.61. The van der Waals surface area contributed by atoms with Gasteiger partial charge in [-0.3, -0.25) is 4.99 Å². The Morgan fingerprint density at radius 2 is 2.38 bits per heavy atom. The minimum absolute atomic E-state index is 0.236. The molecule has 2 nitrogen and oxygen atoms in total. The van der Waals surface area contributed by atoms with E-state index in [4.69, 9.17) is 0 Å². The van der Waals surface area contributed by atoms with Crippen molar-refractivity contribution in [3.05, 3.63) is 20.8 Å². The average molecular weight is 319 g/mol. The SMILES string of the molecule is CCC1(C)CSC(=NCc2ccc(Br)s2)N1. The van der Waals surface area contributed by atoms with E-state index in [1.54, 1.807) is 11.3 Å². The molecule has 2 rings (SSSR count). The van der Waals surface area contributed by atoms with Crippen LogP contribution < -0.4 is 5.32 Å². The summed E-state index contributed by atoms with van der Waals surface area (Å²) < 4.78 is 1.17. The minimum Gasteiger partial charge on any atom is -0.359 e. The smallest absolute Gasteiger partial charge is 0.157 e. The molecular formula is C11H15BrN2S2. The molecule has 0 saturated carbocycles. The van der Waals surface area contributed by atoms with Crippen LogP contribution in [0.15, 0.2) is 20.9 Å². The number of thioether (sulfide) groups is 1. The van der Waals surface area contributed by atoms with Crippen LogP contribution in [0.5, 0.6) is 0 Å². The molecule has 0 aliphatic carbocycles. The molecule has 5 heteroatoms. The molecule has 16 heavy (non-hydrogen) atoms. The van der Waals surface area contributed by atoms with Crippen molar-refractivity contribution in [3.8, 4) is 0 Å². The highest BCUT2D eigenvalue weighted by Gasteiger charge is 2.30. The molecule has 0 aromatic carbocycles. The average Bonchev–Trinajstić information content (AvgIpc) is 2.83. The summed E-state index contributed by atoms with van der Waals surface area (Å²) in [7, 11) is 0.